The first kappa shape index (κ1) is 17.8. The highest BCUT2D eigenvalue weighted by molar-refractivity contribution is 7.99. The highest BCUT2D eigenvalue weighted by atomic mass is 32.2. The maximum atomic E-state index is 12.0. The molecule has 0 bridgehead atoms. The Morgan fingerprint density at radius 1 is 1.55 bits per heavy atom. The molecule has 1 fully saturated rings. The van der Waals surface area contributed by atoms with E-state index in [1.165, 1.54) is 7.11 Å². The number of esters is 1. The van der Waals surface area contributed by atoms with Crippen LogP contribution in [0.5, 0.6) is 0 Å². The van der Waals surface area contributed by atoms with Gasteiger partial charge in [-0.3, -0.25) is 10.1 Å². The summed E-state index contributed by atoms with van der Waals surface area (Å²) in [5.41, 5.74) is -0.582. The molecule has 1 saturated heterocycles. The van der Waals surface area contributed by atoms with Gasteiger partial charge in [0, 0.05) is 17.9 Å². The van der Waals surface area contributed by atoms with Crippen LogP contribution >= 0.6 is 11.8 Å². The zero-order valence-electron chi connectivity index (χ0n) is 13.4. The minimum Gasteiger partial charge on any atom is -0.468 e. The fourth-order valence-electron chi connectivity index (χ4n) is 2.69. The Balaban J connectivity index is 2.36. The number of hydrogen-bond acceptors (Lipinski definition) is 5. The van der Waals surface area contributed by atoms with E-state index in [4.69, 9.17) is 9.47 Å². The van der Waals surface area contributed by atoms with Crippen molar-refractivity contribution in [2.75, 3.05) is 19.5 Å². The third kappa shape index (κ3) is 5.26. The van der Waals surface area contributed by atoms with Crippen LogP contribution in [-0.4, -0.2) is 48.4 Å². The Hall–Kier alpha value is -0.260. The average Bonchev–Trinajstić information content (AvgIpc) is 2.78. The molecule has 0 aromatic carbocycles. The van der Waals surface area contributed by atoms with Crippen molar-refractivity contribution in [1.82, 2.24) is 5.32 Å². The fraction of sp³-hybridized carbons (Fsp3) is 0.933. The maximum absolute atomic E-state index is 12.0. The van der Waals surface area contributed by atoms with Crippen LogP contribution in [0.15, 0.2) is 0 Å². The van der Waals surface area contributed by atoms with E-state index in [0.29, 0.717) is 11.4 Å². The fourth-order valence-corrected chi connectivity index (χ4v) is 3.91. The number of hydrogen-bond donors (Lipinski definition) is 1. The lowest BCUT2D eigenvalue weighted by molar-refractivity contribution is -0.148. The van der Waals surface area contributed by atoms with Crippen LogP contribution < -0.4 is 5.32 Å². The highest BCUT2D eigenvalue weighted by Gasteiger charge is 2.34. The summed E-state index contributed by atoms with van der Waals surface area (Å²) in [5.74, 6) is 0.888. The van der Waals surface area contributed by atoms with Crippen molar-refractivity contribution in [2.24, 2.45) is 0 Å². The standard InChI is InChI=1S/C15H29NO3S/c1-11(2)16-15(4,14(17)18-5)8-6-10-20-13-7-9-19-12(13)3/h11-13,16H,6-10H2,1-5H3. The molecule has 1 aliphatic heterocycles. The summed E-state index contributed by atoms with van der Waals surface area (Å²) in [6.45, 7) is 9.06. The molecule has 0 spiro atoms. The molecule has 20 heavy (non-hydrogen) atoms. The van der Waals surface area contributed by atoms with Gasteiger partial charge in [-0.2, -0.15) is 11.8 Å². The average molecular weight is 303 g/mol. The largest absolute Gasteiger partial charge is 0.468 e. The van der Waals surface area contributed by atoms with Crippen molar-refractivity contribution in [3.63, 3.8) is 0 Å². The molecule has 1 rings (SSSR count). The Kier molecular flexibility index (Phi) is 7.34. The molecule has 5 heteroatoms. The van der Waals surface area contributed by atoms with E-state index in [9.17, 15) is 4.79 Å². The van der Waals surface area contributed by atoms with E-state index in [1.807, 2.05) is 32.5 Å². The van der Waals surface area contributed by atoms with Gasteiger partial charge >= 0.3 is 5.97 Å². The molecule has 1 N–H and O–H groups in total. The van der Waals surface area contributed by atoms with E-state index < -0.39 is 5.54 Å². The van der Waals surface area contributed by atoms with Gasteiger partial charge in [-0.15, -0.1) is 0 Å². The number of ether oxygens (including phenoxy) is 2. The molecule has 4 nitrogen and oxygen atoms in total. The van der Waals surface area contributed by atoms with Crippen molar-refractivity contribution >= 4 is 17.7 Å². The van der Waals surface area contributed by atoms with Crippen LogP contribution in [-0.2, 0) is 14.3 Å². The number of carbonyl (C=O) groups excluding carboxylic acids is 1. The van der Waals surface area contributed by atoms with E-state index in [2.05, 4.69) is 12.2 Å². The minimum absolute atomic E-state index is 0.172. The van der Waals surface area contributed by atoms with E-state index in [1.54, 1.807) is 0 Å². The molecule has 1 aliphatic rings. The van der Waals surface area contributed by atoms with Crippen molar-refractivity contribution in [2.45, 2.75) is 69.9 Å². The van der Waals surface area contributed by atoms with Gasteiger partial charge in [-0.05, 0) is 52.7 Å². The van der Waals surface area contributed by atoms with E-state index in [-0.39, 0.29) is 12.0 Å². The van der Waals surface area contributed by atoms with E-state index in [0.717, 1.165) is 31.6 Å². The Morgan fingerprint density at radius 2 is 2.25 bits per heavy atom. The third-order valence-electron chi connectivity index (χ3n) is 3.70. The predicted molar refractivity (Wildman–Crippen MR) is 84.2 cm³/mol. The summed E-state index contributed by atoms with van der Waals surface area (Å²) < 4.78 is 10.5. The summed E-state index contributed by atoms with van der Waals surface area (Å²) in [5, 5.41) is 3.94. The number of nitrogens with one attached hydrogen (secondary N) is 1. The van der Waals surface area contributed by atoms with Gasteiger partial charge in [-0.25, -0.2) is 0 Å². The van der Waals surface area contributed by atoms with Gasteiger partial charge < -0.3 is 9.47 Å². The Bertz CT molecular complexity index is 311. The number of carbonyl (C=O) groups is 1. The lowest BCUT2D eigenvalue weighted by atomic mass is 9.95. The second kappa shape index (κ2) is 8.25. The summed E-state index contributed by atoms with van der Waals surface area (Å²) in [6, 6.07) is 0.259. The lowest BCUT2D eigenvalue weighted by Crippen LogP contribution is -2.53. The van der Waals surface area contributed by atoms with Crippen molar-refractivity contribution in [3.05, 3.63) is 0 Å². The molecule has 118 valence electrons. The van der Waals surface area contributed by atoms with Gasteiger partial charge in [0.05, 0.1) is 13.2 Å². The lowest BCUT2D eigenvalue weighted by Gasteiger charge is -2.30. The van der Waals surface area contributed by atoms with Crippen LogP contribution in [0.2, 0.25) is 0 Å². The first-order valence-electron chi connectivity index (χ1n) is 7.48. The van der Waals surface area contributed by atoms with Crippen LogP contribution in [0, 0.1) is 0 Å². The second-order valence-electron chi connectivity index (χ2n) is 6.00. The molecule has 3 atom stereocenters. The van der Waals surface area contributed by atoms with Gasteiger partial charge in [0.15, 0.2) is 0 Å². The molecule has 0 aromatic heterocycles. The monoisotopic (exact) mass is 303 g/mol. The summed E-state index contributed by atoms with van der Waals surface area (Å²) in [4.78, 5) is 12.0. The zero-order valence-corrected chi connectivity index (χ0v) is 14.2. The first-order valence-corrected chi connectivity index (χ1v) is 8.53. The van der Waals surface area contributed by atoms with Crippen molar-refractivity contribution < 1.29 is 14.3 Å². The molecule has 0 saturated carbocycles. The molecule has 0 radical (unpaired) electrons. The number of rotatable bonds is 8. The van der Waals surface area contributed by atoms with Gasteiger partial charge in [0.1, 0.15) is 5.54 Å². The quantitative estimate of drug-likeness (QED) is 0.552. The van der Waals surface area contributed by atoms with E-state index >= 15 is 0 Å². The van der Waals surface area contributed by atoms with Crippen LogP contribution in [0.25, 0.3) is 0 Å². The SMILES string of the molecule is COC(=O)C(C)(CCCSC1CCOC1C)NC(C)C. The van der Waals surface area contributed by atoms with Crippen LogP contribution in [0.4, 0.5) is 0 Å². The predicted octanol–water partition coefficient (Wildman–Crippen LogP) is 2.61. The highest BCUT2D eigenvalue weighted by Crippen LogP contribution is 2.28. The molecule has 0 aliphatic carbocycles. The molecule has 3 unspecified atom stereocenters. The van der Waals surface area contributed by atoms with Crippen molar-refractivity contribution in [3.8, 4) is 0 Å². The number of thioether (sulfide) groups is 1. The molecule has 1 heterocycles. The van der Waals surface area contributed by atoms with Crippen LogP contribution in [0.1, 0.15) is 47.0 Å². The topological polar surface area (TPSA) is 47.6 Å². The van der Waals surface area contributed by atoms with Gasteiger partial charge in [0.25, 0.3) is 0 Å². The molecule has 0 aromatic rings. The molecule has 0 amide bonds. The third-order valence-corrected chi connectivity index (χ3v) is 5.27. The Labute approximate surface area is 127 Å². The Morgan fingerprint density at radius 3 is 2.75 bits per heavy atom. The smallest absolute Gasteiger partial charge is 0.325 e. The van der Waals surface area contributed by atoms with Gasteiger partial charge in [0.2, 0.25) is 0 Å². The number of methoxy groups -OCH3 is 1. The molecular weight excluding hydrogens is 274 g/mol. The summed E-state index contributed by atoms with van der Waals surface area (Å²) in [6.07, 6.45) is 3.30. The van der Waals surface area contributed by atoms with Crippen molar-refractivity contribution in [1.29, 1.82) is 0 Å². The summed E-state index contributed by atoms with van der Waals surface area (Å²) >= 11 is 1.97. The van der Waals surface area contributed by atoms with Crippen LogP contribution in [0.3, 0.4) is 0 Å². The summed E-state index contributed by atoms with van der Waals surface area (Å²) in [7, 11) is 1.45. The first-order chi connectivity index (χ1) is 9.39. The second-order valence-corrected chi connectivity index (χ2v) is 7.35. The zero-order chi connectivity index (χ0) is 15.2. The maximum Gasteiger partial charge on any atom is 0.325 e. The normalized spacial score (nSPS) is 25.7. The van der Waals surface area contributed by atoms with Gasteiger partial charge in [-0.1, -0.05) is 0 Å². The minimum atomic E-state index is -0.582. The molecular formula is C15H29NO3S.